The highest BCUT2D eigenvalue weighted by Crippen LogP contribution is 2.67. The van der Waals surface area contributed by atoms with Gasteiger partial charge in [-0.15, -0.1) is 0 Å². The van der Waals surface area contributed by atoms with Crippen LogP contribution in [0, 0.1) is 5.92 Å². The molecule has 1 fully saturated rings. The fourth-order valence-electron chi connectivity index (χ4n) is 2.92. The molecule has 8 heteroatoms. The topological polar surface area (TPSA) is 70.4 Å². The standard InChI is InChI=1S/C13H14F2N2O4/c1-3-21-12(19)10-9-6-4-7(6)13(14,15)11(9)17(16-10)5-8(18)20-2/h6-7H,3-5H2,1-2H3/t6-,7?/m0/s1. The molecule has 1 unspecified atom stereocenters. The summed E-state index contributed by atoms with van der Waals surface area (Å²) in [7, 11) is 1.16. The highest BCUT2D eigenvalue weighted by atomic mass is 19.3. The van der Waals surface area contributed by atoms with E-state index in [4.69, 9.17) is 4.74 Å². The Balaban J connectivity index is 2.07. The molecule has 2 aliphatic rings. The van der Waals surface area contributed by atoms with Crippen LogP contribution in [0.2, 0.25) is 0 Å². The molecule has 2 atom stereocenters. The average molecular weight is 300 g/mol. The van der Waals surface area contributed by atoms with Crippen molar-refractivity contribution in [3.05, 3.63) is 17.0 Å². The average Bonchev–Trinajstić information content (AvgIpc) is 3.09. The van der Waals surface area contributed by atoms with Crippen LogP contribution < -0.4 is 0 Å². The summed E-state index contributed by atoms with van der Waals surface area (Å²) in [6, 6.07) is 0. The Labute approximate surface area is 119 Å². The van der Waals surface area contributed by atoms with Gasteiger partial charge >= 0.3 is 11.9 Å². The molecule has 1 aromatic rings. The molecule has 114 valence electrons. The molecular formula is C13H14F2N2O4. The monoisotopic (exact) mass is 300 g/mol. The number of carbonyl (C=O) groups is 2. The van der Waals surface area contributed by atoms with Gasteiger partial charge in [0, 0.05) is 11.5 Å². The lowest BCUT2D eigenvalue weighted by Gasteiger charge is -2.14. The molecule has 1 aromatic heterocycles. The molecule has 0 aliphatic heterocycles. The highest BCUT2D eigenvalue weighted by molar-refractivity contribution is 5.90. The van der Waals surface area contributed by atoms with E-state index >= 15 is 0 Å². The number of rotatable bonds is 4. The number of esters is 2. The van der Waals surface area contributed by atoms with Gasteiger partial charge < -0.3 is 9.47 Å². The van der Waals surface area contributed by atoms with Crippen molar-refractivity contribution in [2.24, 2.45) is 5.92 Å². The molecule has 2 aliphatic carbocycles. The lowest BCUT2D eigenvalue weighted by atomic mass is 10.1. The Morgan fingerprint density at radius 1 is 1.48 bits per heavy atom. The van der Waals surface area contributed by atoms with Crippen LogP contribution >= 0.6 is 0 Å². The smallest absolute Gasteiger partial charge is 0.359 e. The Kier molecular flexibility index (Phi) is 3.00. The number of fused-ring (bicyclic) bond motifs is 3. The summed E-state index contributed by atoms with van der Waals surface area (Å²) in [6.07, 6.45) is 0.330. The quantitative estimate of drug-likeness (QED) is 0.787. The Bertz CT molecular complexity index is 626. The molecule has 0 aromatic carbocycles. The minimum absolute atomic E-state index is 0.111. The maximum absolute atomic E-state index is 14.3. The first-order valence-corrected chi connectivity index (χ1v) is 6.64. The van der Waals surface area contributed by atoms with Gasteiger partial charge in [-0.05, 0) is 19.3 Å². The number of alkyl halides is 2. The number of aromatic nitrogens is 2. The zero-order valence-corrected chi connectivity index (χ0v) is 11.6. The molecule has 6 nitrogen and oxygen atoms in total. The third-order valence-corrected chi connectivity index (χ3v) is 3.91. The molecule has 0 spiro atoms. The normalized spacial score (nSPS) is 24.2. The number of hydrogen-bond acceptors (Lipinski definition) is 5. The molecule has 0 bridgehead atoms. The van der Waals surface area contributed by atoms with E-state index in [0.717, 1.165) is 11.8 Å². The van der Waals surface area contributed by atoms with Gasteiger partial charge in [0.15, 0.2) is 5.69 Å². The lowest BCUT2D eigenvalue weighted by Crippen LogP contribution is -2.23. The fourth-order valence-corrected chi connectivity index (χ4v) is 2.92. The van der Waals surface area contributed by atoms with Gasteiger partial charge in [0.1, 0.15) is 12.2 Å². The molecule has 3 rings (SSSR count). The summed E-state index contributed by atoms with van der Waals surface area (Å²) >= 11 is 0. The van der Waals surface area contributed by atoms with Crippen LogP contribution in [-0.2, 0) is 26.7 Å². The summed E-state index contributed by atoms with van der Waals surface area (Å²) < 4.78 is 38.8. The van der Waals surface area contributed by atoms with Crippen molar-refractivity contribution in [3.8, 4) is 0 Å². The van der Waals surface area contributed by atoms with Crippen molar-refractivity contribution < 1.29 is 27.8 Å². The van der Waals surface area contributed by atoms with Crippen LogP contribution in [0.15, 0.2) is 0 Å². The van der Waals surface area contributed by atoms with Crippen molar-refractivity contribution in [2.45, 2.75) is 31.7 Å². The maximum Gasteiger partial charge on any atom is 0.359 e. The first-order chi connectivity index (χ1) is 9.91. The molecule has 0 radical (unpaired) electrons. The van der Waals surface area contributed by atoms with Gasteiger partial charge in [-0.2, -0.15) is 13.9 Å². The number of hydrogen-bond donors (Lipinski definition) is 0. The Morgan fingerprint density at radius 2 is 2.19 bits per heavy atom. The van der Waals surface area contributed by atoms with E-state index in [-0.39, 0.29) is 29.5 Å². The van der Waals surface area contributed by atoms with E-state index in [1.807, 2.05) is 0 Å². The molecule has 0 amide bonds. The van der Waals surface area contributed by atoms with Crippen molar-refractivity contribution in [1.82, 2.24) is 9.78 Å². The van der Waals surface area contributed by atoms with Gasteiger partial charge in [0.2, 0.25) is 0 Å². The van der Waals surface area contributed by atoms with Gasteiger partial charge in [0.25, 0.3) is 5.92 Å². The first-order valence-electron chi connectivity index (χ1n) is 6.64. The van der Waals surface area contributed by atoms with Crippen molar-refractivity contribution >= 4 is 11.9 Å². The van der Waals surface area contributed by atoms with E-state index < -0.39 is 30.3 Å². The van der Waals surface area contributed by atoms with Crippen LogP contribution in [0.25, 0.3) is 0 Å². The third kappa shape index (κ3) is 1.92. The molecule has 1 heterocycles. The van der Waals surface area contributed by atoms with Crippen LogP contribution in [0.4, 0.5) is 8.78 Å². The summed E-state index contributed by atoms with van der Waals surface area (Å²) in [4.78, 5) is 23.2. The third-order valence-electron chi connectivity index (χ3n) is 3.91. The highest BCUT2D eigenvalue weighted by Gasteiger charge is 2.67. The van der Waals surface area contributed by atoms with Crippen molar-refractivity contribution in [1.29, 1.82) is 0 Å². The van der Waals surface area contributed by atoms with Crippen molar-refractivity contribution in [2.75, 3.05) is 13.7 Å². The summed E-state index contributed by atoms with van der Waals surface area (Å²) in [5.74, 6) is -5.69. The number of ether oxygens (including phenoxy) is 2. The van der Waals surface area contributed by atoms with E-state index in [9.17, 15) is 18.4 Å². The minimum Gasteiger partial charge on any atom is -0.468 e. The largest absolute Gasteiger partial charge is 0.468 e. The number of halogens is 2. The summed E-state index contributed by atoms with van der Waals surface area (Å²) in [5, 5.41) is 3.87. The van der Waals surface area contributed by atoms with Crippen LogP contribution in [0.3, 0.4) is 0 Å². The summed E-state index contributed by atoms with van der Waals surface area (Å²) in [6.45, 7) is 1.30. The van der Waals surface area contributed by atoms with Crippen LogP contribution in [0.1, 0.15) is 41.0 Å². The predicted molar refractivity (Wildman–Crippen MR) is 64.9 cm³/mol. The number of methoxy groups -OCH3 is 1. The Morgan fingerprint density at radius 3 is 2.81 bits per heavy atom. The van der Waals surface area contributed by atoms with E-state index in [2.05, 4.69) is 9.84 Å². The maximum atomic E-state index is 14.3. The zero-order valence-electron chi connectivity index (χ0n) is 11.6. The van der Waals surface area contributed by atoms with Crippen LogP contribution in [-0.4, -0.2) is 35.4 Å². The molecule has 1 saturated carbocycles. The van der Waals surface area contributed by atoms with Gasteiger partial charge in [0.05, 0.1) is 13.7 Å². The summed E-state index contributed by atoms with van der Waals surface area (Å²) in [5.41, 5.74) is -0.231. The molecular weight excluding hydrogens is 286 g/mol. The van der Waals surface area contributed by atoms with E-state index in [1.54, 1.807) is 6.92 Å². The first kappa shape index (κ1) is 14.0. The molecule has 21 heavy (non-hydrogen) atoms. The Hall–Kier alpha value is -1.99. The van der Waals surface area contributed by atoms with Gasteiger partial charge in [-0.1, -0.05) is 0 Å². The SMILES string of the molecule is CCOC(=O)c1nn(CC(=O)OC)c2c1[C@H]1CC1C2(F)F. The second kappa shape index (κ2) is 4.51. The zero-order chi connectivity index (χ0) is 15.4. The minimum atomic E-state index is -3.08. The van der Waals surface area contributed by atoms with E-state index in [1.165, 1.54) is 0 Å². The van der Waals surface area contributed by atoms with Crippen LogP contribution in [0.5, 0.6) is 0 Å². The van der Waals surface area contributed by atoms with Gasteiger partial charge in [-0.3, -0.25) is 9.48 Å². The number of nitrogens with zero attached hydrogens (tertiary/aromatic N) is 2. The second-order valence-electron chi connectivity index (χ2n) is 5.14. The molecule has 0 saturated heterocycles. The fraction of sp³-hybridized carbons (Fsp3) is 0.615. The number of carbonyl (C=O) groups excluding carboxylic acids is 2. The molecule has 0 N–H and O–H groups in total. The second-order valence-corrected chi connectivity index (χ2v) is 5.14. The van der Waals surface area contributed by atoms with Crippen molar-refractivity contribution in [3.63, 3.8) is 0 Å². The predicted octanol–water partition coefficient (Wildman–Crippen LogP) is 1.44. The van der Waals surface area contributed by atoms with Gasteiger partial charge in [-0.25, -0.2) is 4.79 Å². The van der Waals surface area contributed by atoms with E-state index in [0.29, 0.717) is 6.42 Å². The lowest BCUT2D eigenvalue weighted by molar-refractivity contribution is -0.141.